The number of hydrogen-bond donors (Lipinski definition) is 1. The highest BCUT2D eigenvalue weighted by Gasteiger charge is 2.21. The molecular formula is C25H15Cl2N7O6S. The lowest BCUT2D eigenvalue weighted by molar-refractivity contribution is -0.385. The van der Waals surface area contributed by atoms with Gasteiger partial charge in [-0.25, -0.2) is 4.98 Å². The fourth-order valence-electron chi connectivity index (χ4n) is 3.72. The van der Waals surface area contributed by atoms with Crippen molar-refractivity contribution in [1.29, 1.82) is 0 Å². The quantitative estimate of drug-likeness (QED) is 0.107. The molecule has 0 aliphatic heterocycles. The molecule has 0 atom stereocenters. The van der Waals surface area contributed by atoms with Gasteiger partial charge in [-0.05, 0) is 36.4 Å². The Morgan fingerprint density at radius 2 is 1.49 bits per heavy atom. The number of ether oxygens (including phenoxy) is 1. The highest BCUT2D eigenvalue weighted by Crippen LogP contribution is 2.38. The number of hydrogen-bond acceptors (Lipinski definition) is 10. The van der Waals surface area contributed by atoms with E-state index in [1.54, 1.807) is 24.6 Å². The Morgan fingerprint density at radius 3 is 2.07 bits per heavy atom. The van der Waals surface area contributed by atoms with Crippen LogP contribution in [0.2, 0.25) is 10.0 Å². The van der Waals surface area contributed by atoms with Gasteiger partial charge in [-0.2, -0.15) is 4.68 Å². The second-order valence-corrected chi connectivity index (χ2v) is 9.89. The first kappa shape index (κ1) is 27.6. The first-order valence-electron chi connectivity index (χ1n) is 11.4. The maximum atomic E-state index is 13.6. The number of nitrogens with one attached hydrogen (secondary N) is 1. The second-order valence-electron chi connectivity index (χ2n) is 8.24. The van der Waals surface area contributed by atoms with Gasteiger partial charge in [0.25, 0.3) is 11.4 Å². The van der Waals surface area contributed by atoms with Crippen molar-refractivity contribution in [2.45, 2.75) is 0 Å². The first-order chi connectivity index (χ1) is 19.7. The number of nitro groups is 2. The summed E-state index contributed by atoms with van der Waals surface area (Å²) in [7, 11) is 1.56. The van der Waals surface area contributed by atoms with Crippen molar-refractivity contribution in [2.24, 2.45) is 10.2 Å². The van der Waals surface area contributed by atoms with E-state index in [0.717, 1.165) is 17.7 Å². The fourth-order valence-corrected chi connectivity index (χ4v) is 5.06. The van der Waals surface area contributed by atoms with Crippen molar-refractivity contribution in [3.05, 3.63) is 107 Å². The number of halogens is 2. The molecule has 0 spiro atoms. The van der Waals surface area contributed by atoms with Crippen LogP contribution in [0.4, 0.5) is 22.7 Å². The summed E-state index contributed by atoms with van der Waals surface area (Å²) in [5, 5.41) is 35.1. The lowest BCUT2D eigenvalue weighted by atomic mass is 10.1. The van der Waals surface area contributed by atoms with E-state index in [9.17, 15) is 25.0 Å². The van der Waals surface area contributed by atoms with Crippen LogP contribution in [0.25, 0.3) is 27.6 Å². The molecule has 0 saturated heterocycles. The summed E-state index contributed by atoms with van der Waals surface area (Å²) in [6, 6.07) is 14.8. The Hall–Kier alpha value is -4.92. The molecule has 206 valence electrons. The zero-order valence-corrected chi connectivity index (χ0v) is 23.0. The van der Waals surface area contributed by atoms with E-state index < -0.39 is 15.4 Å². The van der Waals surface area contributed by atoms with Crippen molar-refractivity contribution in [3.8, 4) is 33.4 Å². The SMILES string of the molecule is COc1ccc(-c2csc(-n3[nH]c(-c4ccc([N+](=O)[O-])cc4)c(N=Nc4c(Cl)cc([N+](=O)[O-])cc4Cl)c3=O)n2)cc1. The van der Waals surface area contributed by atoms with Gasteiger partial charge in [0.15, 0.2) is 5.69 Å². The Kier molecular flexibility index (Phi) is 7.61. The van der Waals surface area contributed by atoms with E-state index in [0.29, 0.717) is 17.0 Å². The molecule has 2 heterocycles. The number of aromatic nitrogens is 3. The predicted octanol–water partition coefficient (Wildman–Crippen LogP) is 7.50. The summed E-state index contributed by atoms with van der Waals surface area (Å²) in [5.74, 6) is 0.681. The van der Waals surface area contributed by atoms with Crippen molar-refractivity contribution < 1.29 is 14.6 Å². The van der Waals surface area contributed by atoms with Crippen LogP contribution in [-0.4, -0.2) is 31.7 Å². The molecule has 0 amide bonds. The molecule has 0 radical (unpaired) electrons. The molecule has 0 fully saturated rings. The van der Waals surface area contributed by atoms with E-state index >= 15 is 0 Å². The number of rotatable bonds is 8. The normalized spacial score (nSPS) is 11.2. The first-order valence-corrected chi connectivity index (χ1v) is 13.0. The van der Waals surface area contributed by atoms with Crippen LogP contribution >= 0.6 is 34.5 Å². The van der Waals surface area contributed by atoms with E-state index in [4.69, 9.17) is 27.9 Å². The summed E-state index contributed by atoms with van der Waals surface area (Å²) in [5.41, 5.74) is 0.606. The molecule has 0 aliphatic carbocycles. The Balaban J connectivity index is 1.61. The van der Waals surface area contributed by atoms with Gasteiger partial charge in [-0.15, -0.1) is 21.6 Å². The average Bonchev–Trinajstić information content (AvgIpc) is 3.57. The molecule has 5 rings (SSSR count). The molecule has 13 nitrogen and oxygen atoms in total. The largest absolute Gasteiger partial charge is 0.497 e. The summed E-state index contributed by atoms with van der Waals surface area (Å²) in [6.45, 7) is 0. The van der Waals surface area contributed by atoms with Crippen molar-refractivity contribution in [1.82, 2.24) is 14.8 Å². The van der Waals surface area contributed by atoms with Gasteiger partial charge in [0.05, 0.1) is 38.4 Å². The summed E-state index contributed by atoms with van der Waals surface area (Å²) >= 11 is 13.5. The van der Waals surface area contributed by atoms with Crippen LogP contribution in [0, 0.1) is 20.2 Å². The minimum absolute atomic E-state index is 0.0863. The summed E-state index contributed by atoms with van der Waals surface area (Å²) in [6.07, 6.45) is 0. The molecule has 0 bridgehead atoms. The molecule has 41 heavy (non-hydrogen) atoms. The zero-order chi connectivity index (χ0) is 29.3. The lowest BCUT2D eigenvalue weighted by Gasteiger charge is -2.01. The van der Waals surface area contributed by atoms with Gasteiger partial charge < -0.3 is 4.74 Å². The molecule has 5 aromatic rings. The monoisotopic (exact) mass is 611 g/mol. The van der Waals surface area contributed by atoms with Crippen molar-refractivity contribution in [3.63, 3.8) is 0 Å². The topological polar surface area (TPSA) is 171 Å². The van der Waals surface area contributed by atoms with Crippen molar-refractivity contribution in [2.75, 3.05) is 7.11 Å². The van der Waals surface area contributed by atoms with Crippen molar-refractivity contribution >= 4 is 57.3 Å². The number of nitro benzene ring substituents is 2. The number of thiazole rings is 1. The Morgan fingerprint density at radius 1 is 0.902 bits per heavy atom. The van der Waals surface area contributed by atoms with E-state index in [-0.39, 0.29) is 43.6 Å². The van der Waals surface area contributed by atoms with Crippen LogP contribution in [0.15, 0.2) is 81.1 Å². The number of azo groups is 1. The van der Waals surface area contributed by atoms with Gasteiger partial charge in [-0.1, -0.05) is 23.2 Å². The molecular weight excluding hydrogens is 597 g/mol. The molecule has 16 heteroatoms. The maximum Gasteiger partial charge on any atom is 0.301 e. The fraction of sp³-hybridized carbons (Fsp3) is 0.0400. The van der Waals surface area contributed by atoms with Crippen LogP contribution < -0.4 is 10.3 Å². The average molecular weight is 612 g/mol. The smallest absolute Gasteiger partial charge is 0.301 e. The molecule has 0 unspecified atom stereocenters. The van der Waals surface area contributed by atoms with E-state index in [1.165, 1.54) is 40.3 Å². The highest BCUT2D eigenvalue weighted by atomic mass is 35.5. The van der Waals surface area contributed by atoms with Gasteiger partial charge in [0.1, 0.15) is 11.4 Å². The molecule has 2 aromatic heterocycles. The number of non-ortho nitro benzene ring substituents is 2. The Bertz CT molecular complexity index is 1860. The van der Waals surface area contributed by atoms with E-state index in [2.05, 4.69) is 20.3 Å². The van der Waals surface area contributed by atoms with Crippen LogP contribution in [0.5, 0.6) is 5.75 Å². The number of benzene rings is 3. The predicted molar refractivity (Wildman–Crippen MR) is 153 cm³/mol. The summed E-state index contributed by atoms with van der Waals surface area (Å²) in [4.78, 5) is 39.2. The third-order valence-corrected chi connectivity index (χ3v) is 7.17. The minimum atomic E-state index is -0.662. The molecule has 3 aromatic carbocycles. The number of H-pyrrole nitrogens is 1. The minimum Gasteiger partial charge on any atom is -0.497 e. The third kappa shape index (κ3) is 5.56. The summed E-state index contributed by atoms with van der Waals surface area (Å²) < 4.78 is 6.36. The Labute approximate surface area is 243 Å². The standard InChI is InChI=1S/C25H15Cl2N7O6S/c1-40-17-8-4-13(5-9-17)20-12-41-25(28-20)32-24(35)23(21(31-32)14-2-6-15(7-3-14)33(36)37)30-29-22-18(26)10-16(34(38)39)11-19(22)27/h2-12,31H,1H3. The highest BCUT2D eigenvalue weighted by molar-refractivity contribution is 7.12. The third-order valence-electron chi connectivity index (χ3n) is 5.76. The molecule has 0 aliphatic rings. The zero-order valence-electron chi connectivity index (χ0n) is 20.6. The lowest BCUT2D eigenvalue weighted by Crippen LogP contribution is -2.13. The van der Waals surface area contributed by atoms with Gasteiger partial charge in [0, 0.05) is 40.8 Å². The number of methoxy groups -OCH3 is 1. The number of aromatic amines is 1. The second kappa shape index (κ2) is 11.3. The van der Waals surface area contributed by atoms with Gasteiger partial charge in [0.2, 0.25) is 5.13 Å². The molecule has 0 saturated carbocycles. The van der Waals surface area contributed by atoms with Crippen LogP contribution in [-0.2, 0) is 0 Å². The molecule has 1 N–H and O–H groups in total. The van der Waals surface area contributed by atoms with Crippen LogP contribution in [0.1, 0.15) is 0 Å². The maximum absolute atomic E-state index is 13.6. The number of nitrogens with zero attached hydrogens (tertiary/aromatic N) is 6. The van der Waals surface area contributed by atoms with E-state index in [1.807, 2.05) is 12.1 Å². The van der Waals surface area contributed by atoms with Crippen LogP contribution in [0.3, 0.4) is 0 Å². The van der Waals surface area contributed by atoms with Gasteiger partial charge in [-0.3, -0.25) is 30.1 Å². The van der Waals surface area contributed by atoms with Gasteiger partial charge >= 0.3 is 5.56 Å².